The van der Waals surface area contributed by atoms with Crippen molar-refractivity contribution >= 4 is 23.3 Å². The van der Waals surface area contributed by atoms with Gasteiger partial charge in [-0.05, 0) is 24.3 Å². The highest BCUT2D eigenvalue weighted by Gasteiger charge is 2.17. The minimum absolute atomic E-state index is 0.0574. The lowest BCUT2D eigenvalue weighted by Gasteiger charge is -2.07. The van der Waals surface area contributed by atoms with Crippen molar-refractivity contribution in [3.8, 4) is 5.75 Å². The molecule has 0 aliphatic carbocycles. The molecule has 0 heterocycles. The van der Waals surface area contributed by atoms with E-state index in [2.05, 4.69) is 0 Å². The lowest BCUT2D eigenvalue weighted by atomic mass is 10.2. The number of ether oxygens (including phenoxy) is 1. The average molecular weight is 308 g/mol. The molecule has 7 heteroatoms. The largest absolute Gasteiger partial charge is 0.507 e. The van der Waals surface area contributed by atoms with Crippen LogP contribution >= 0.6 is 11.6 Å². The van der Waals surface area contributed by atoms with Gasteiger partial charge in [-0.15, -0.1) is 0 Å². The third kappa shape index (κ3) is 3.49. The predicted molar refractivity (Wildman–Crippen MR) is 75.3 cm³/mol. The highest BCUT2D eigenvalue weighted by Crippen LogP contribution is 2.24. The van der Waals surface area contributed by atoms with Crippen molar-refractivity contribution in [2.24, 2.45) is 0 Å². The maximum absolute atomic E-state index is 11.8. The van der Waals surface area contributed by atoms with Crippen LogP contribution in [0.25, 0.3) is 0 Å². The highest BCUT2D eigenvalue weighted by atomic mass is 35.5. The molecule has 2 rings (SSSR count). The van der Waals surface area contributed by atoms with Crippen LogP contribution in [0.5, 0.6) is 5.75 Å². The zero-order valence-corrected chi connectivity index (χ0v) is 11.4. The maximum Gasteiger partial charge on any atom is 0.342 e. The van der Waals surface area contributed by atoms with Crippen LogP contribution in [0.3, 0.4) is 0 Å². The number of halogens is 1. The molecule has 6 nitrogen and oxygen atoms in total. The molecule has 0 aromatic heterocycles. The van der Waals surface area contributed by atoms with Gasteiger partial charge < -0.3 is 9.84 Å². The molecule has 0 saturated carbocycles. The summed E-state index contributed by atoms with van der Waals surface area (Å²) in [5, 5.41) is 20.7. The lowest BCUT2D eigenvalue weighted by molar-refractivity contribution is -0.385. The molecule has 0 fully saturated rings. The zero-order valence-electron chi connectivity index (χ0n) is 10.7. The van der Waals surface area contributed by atoms with Crippen molar-refractivity contribution in [3.63, 3.8) is 0 Å². The molecule has 2 aromatic rings. The number of esters is 1. The van der Waals surface area contributed by atoms with Gasteiger partial charge in [-0.2, -0.15) is 0 Å². The first-order valence-electron chi connectivity index (χ1n) is 5.87. The summed E-state index contributed by atoms with van der Waals surface area (Å²) in [6.07, 6.45) is 0. The van der Waals surface area contributed by atoms with Crippen LogP contribution in [0.2, 0.25) is 5.02 Å². The summed E-state index contributed by atoms with van der Waals surface area (Å²) in [7, 11) is 0. The molecule has 0 radical (unpaired) electrons. The number of para-hydroxylation sites is 1. The van der Waals surface area contributed by atoms with Crippen LogP contribution < -0.4 is 0 Å². The second-order valence-electron chi connectivity index (χ2n) is 4.12. The number of carbonyl (C=O) groups is 1. The molecule has 108 valence electrons. The fourth-order valence-electron chi connectivity index (χ4n) is 1.71. The second-order valence-corrected chi connectivity index (χ2v) is 4.56. The number of hydrogen-bond donors (Lipinski definition) is 1. The van der Waals surface area contributed by atoms with E-state index in [1.54, 1.807) is 6.07 Å². The highest BCUT2D eigenvalue weighted by molar-refractivity contribution is 6.30. The van der Waals surface area contributed by atoms with Crippen molar-refractivity contribution in [1.82, 2.24) is 0 Å². The number of hydrogen-bond acceptors (Lipinski definition) is 5. The average Bonchev–Trinajstić information content (AvgIpc) is 2.45. The third-order valence-electron chi connectivity index (χ3n) is 2.73. The van der Waals surface area contributed by atoms with Gasteiger partial charge in [0.2, 0.25) is 0 Å². The summed E-state index contributed by atoms with van der Waals surface area (Å²) >= 11 is 5.66. The van der Waals surface area contributed by atoms with E-state index in [9.17, 15) is 20.0 Å². The topological polar surface area (TPSA) is 89.7 Å². The molecule has 0 unspecified atom stereocenters. The number of benzene rings is 2. The number of aromatic hydroxyl groups is 1. The van der Waals surface area contributed by atoms with Gasteiger partial charge in [0.1, 0.15) is 17.9 Å². The van der Waals surface area contributed by atoms with Gasteiger partial charge in [0.05, 0.1) is 10.5 Å². The van der Waals surface area contributed by atoms with Crippen LogP contribution in [-0.2, 0) is 11.3 Å². The number of phenolic OH excluding ortho intramolecular Hbond substituents is 1. The van der Waals surface area contributed by atoms with Crippen molar-refractivity contribution in [3.05, 3.63) is 68.7 Å². The van der Waals surface area contributed by atoms with Crippen LogP contribution in [0.4, 0.5) is 5.69 Å². The van der Waals surface area contributed by atoms with Gasteiger partial charge in [0, 0.05) is 11.1 Å². The Balaban J connectivity index is 2.13. The van der Waals surface area contributed by atoms with Gasteiger partial charge in [-0.25, -0.2) is 4.79 Å². The lowest BCUT2D eigenvalue weighted by Crippen LogP contribution is -2.06. The minimum atomic E-state index is -0.790. The Morgan fingerprint density at radius 3 is 2.67 bits per heavy atom. The molecule has 0 amide bonds. The van der Waals surface area contributed by atoms with Crippen LogP contribution in [-0.4, -0.2) is 16.0 Å². The molecular weight excluding hydrogens is 298 g/mol. The van der Waals surface area contributed by atoms with E-state index < -0.39 is 10.9 Å². The summed E-state index contributed by atoms with van der Waals surface area (Å²) in [5.74, 6) is -1.10. The van der Waals surface area contributed by atoms with Crippen LogP contribution in [0.1, 0.15) is 15.9 Å². The van der Waals surface area contributed by atoms with Gasteiger partial charge >= 0.3 is 5.97 Å². The number of rotatable bonds is 4. The van der Waals surface area contributed by atoms with E-state index in [0.29, 0.717) is 0 Å². The molecule has 0 aliphatic rings. The van der Waals surface area contributed by atoms with Crippen molar-refractivity contribution < 1.29 is 19.6 Å². The first-order chi connectivity index (χ1) is 9.99. The van der Waals surface area contributed by atoms with E-state index >= 15 is 0 Å². The van der Waals surface area contributed by atoms with Gasteiger partial charge in [-0.3, -0.25) is 10.1 Å². The van der Waals surface area contributed by atoms with E-state index in [1.165, 1.54) is 36.4 Å². The number of carbonyl (C=O) groups excluding carboxylic acids is 1. The number of phenols is 1. The quantitative estimate of drug-likeness (QED) is 0.531. The Kier molecular flexibility index (Phi) is 4.39. The van der Waals surface area contributed by atoms with E-state index in [-0.39, 0.29) is 34.2 Å². The Morgan fingerprint density at radius 2 is 2.00 bits per heavy atom. The molecule has 0 atom stereocenters. The predicted octanol–water partition coefficient (Wildman–Crippen LogP) is 3.31. The third-order valence-corrected chi connectivity index (χ3v) is 2.96. The summed E-state index contributed by atoms with van der Waals surface area (Å²) in [4.78, 5) is 22.1. The van der Waals surface area contributed by atoms with Crippen molar-refractivity contribution in [2.45, 2.75) is 6.61 Å². The molecule has 21 heavy (non-hydrogen) atoms. The Morgan fingerprint density at radius 1 is 1.29 bits per heavy atom. The van der Waals surface area contributed by atoms with Crippen molar-refractivity contribution in [2.75, 3.05) is 0 Å². The van der Waals surface area contributed by atoms with Gasteiger partial charge in [-0.1, -0.05) is 23.7 Å². The Hall–Kier alpha value is -2.60. The molecule has 0 aliphatic heterocycles. The SMILES string of the molecule is O=C(OCc1ccccc1[N+](=O)[O-])c1ccc(Cl)cc1O. The second kappa shape index (κ2) is 6.23. The molecular formula is C14H10ClNO5. The fourth-order valence-corrected chi connectivity index (χ4v) is 1.88. The van der Waals surface area contributed by atoms with E-state index in [4.69, 9.17) is 16.3 Å². The summed E-state index contributed by atoms with van der Waals surface area (Å²) in [5.41, 5.74) is 0.0768. The number of nitro benzene ring substituents is 1. The first kappa shape index (κ1) is 14.8. The Labute approximate surface area is 124 Å². The molecule has 0 saturated heterocycles. The zero-order chi connectivity index (χ0) is 15.4. The maximum atomic E-state index is 11.8. The van der Waals surface area contributed by atoms with Crippen LogP contribution in [0.15, 0.2) is 42.5 Å². The smallest absolute Gasteiger partial charge is 0.342 e. The summed E-state index contributed by atoms with van der Waals surface area (Å²) in [6, 6.07) is 9.91. The van der Waals surface area contributed by atoms with E-state index in [0.717, 1.165) is 0 Å². The van der Waals surface area contributed by atoms with Crippen molar-refractivity contribution in [1.29, 1.82) is 0 Å². The van der Waals surface area contributed by atoms with Crippen LogP contribution in [0, 0.1) is 10.1 Å². The minimum Gasteiger partial charge on any atom is -0.507 e. The fraction of sp³-hybridized carbons (Fsp3) is 0.0714. The van der Waals surface area contributed by atoms with Gasteiger partial charge in [0.15, 0.2) is 0 Å². The molecule has 0 bridgehead atoms. The van der Waals surface area contributed by atoms with E-state index in [1.807, 2.05) is 0 Å². The number of nitro groups is 1. The summed E-state index contributed by atoms with van der Waals surface area (Å²) < 4.78 is 4.98. The summed E-state index contributed by atoms with van der Waals surface area (Å²) in [6.45, 7) is -0.266. The molecule has 1 N–H and O–H groups in total. The first-order valence-corrected chi connectivity index (χ1v) is 6.25. The normalized spacial score (nSPS) is 10.1. The Bertz CT molecular complexity index is 702. The van der Waals surface area contributed by atoms with Gasteiger partial charge in [0.25, 0.3) is 5.69 Å². The molecule has 2 aromatic carbocycles. The monoisotopic (exact) mass is 307 g/mol. The standard InChI is InChI=1S/C14H10ClNO5/c15-10-5-6-11(13(17)7-10)14(18)21-8-9-3-1-2-4-12(9)16(19)20/h1-7,17H,8H2. The molecule has 0 spiro atoms. The number of nitrogens with zero attached hydrogens (tertiary/aromatic N) is 1.